The Labute approximate surface area is 122 Å². The van der Waals surface area contributed by atoms with Crippen LogP contribution < -0.4 is 4.74 Å². The molecule has 0 saturated carbocycles. The Kier molecular flexibility index (Phi) is 3.60. The molecule has 0 fully saturated rings. The van der Waals surface area contributed by atoms with Gasteiger partial charge < -0.3 is 9.84 Å². The molecule has 21 heavy (non-hydrogen) atoms. The molecule has 110 valence electrons. The smallest absolute Gasteiger partial charge is 0.328 e. The summed E-state index contributed by atoms with van der Waals surface area (Å²) < 4.78 is 6.77. The molecule has 0 bridgehead atoms. The lowest BCUT2D eigenvalue weighted by atomic mass is 10.1. The number of rotatable bonds is 4. The first kappa shape index (κ1) is 13.6. The zero-order chi connectivity index (χ0) is 14.8. The molecule has 1 aromatic carbocycles. The normalized spacial score (nSPS) is 17.3. The zero-order valence-electron chi connectivity index (χ0n) is 11.8. The van der Waals surface area contributed by atoms with Gasteiger partial charge in [0.1, 0.15) is 11.6 Å². The molecule has 0 saturated heterocycles. The summed E-state index contributed by atoms with van der Waals surface area (Å²) in [6, 6.07) is 7.14. The molecule has 1 aromatic heterocycles. The number of carbonyl (C=O) groups is 1. The molecule has 0 radical (unpaired) electrons. The van der Waals surface area contributed by atoms with Crippen molar-refractivity contribution in [1.82, 2.24) is 14.8 Å². The molecule has 1 atom stereocenters. The van der Waals surface area contributed by atoms with Crippen LogP contribution in [0.5, 0.6) is 5.75 Å². The van der Waals surface area contributed by atoms with E-state index >= 15 is 0 Å². The van der Waals surface area contributed by atoms with Crippen LogP contribution in [0.1, 0.15) is 36.1 Å². The quantitative estimate of drug-likeness (QED) is 0.928. The van der Waals surface area contributed by atoms with Gasteiger partial charge in [-0.3, -0.25) is 0 Å². The number of aryl methyl sites for hydroxylation is 1. The van der Waals surface area contributed by atoms with Crippen molar-refractivity contribution in [2.75, 3.05) is 7.11 Å². The predicted molar refractivity (Wildman–Crippen MR) is 75.4 cm³/mol. The lowest BCUT2D eigenvalue weighted by Crippen LogP contribution is -2.26. The summed E-state index contributed by atoms with van der Waals surface area (Å²) in [6.45, 7) is 0. The Morgan fingerprint density at radius 2 is 2.38 bits per heavy atom. The van der Waals surface area contributed by atoms with Gasteiger partial charge in [0.15, 0.2) is 11.9 Å². The second kappa shape index (κ2) is 5.55. The van der Waals surface area contributed by atoms with Gasteiger partial charge in [0.2, 0.25) is 0 Å². The number of carboxylic acids is 1. The van der Waals surface area contributed by atoms with Crippen molar-refractivity contribution < 1.29 is 14.6 Å². The SMILES string of the molecule is COc1cccc(Cc2nc3n(n2)C(C(=O)O)CCC3)c1. The van der Waals surface area contributed by atoms with E-state index < -0.39 is 12.0 Å². The Hall–Kier alpha value is -2.37. The van der Waals surface area contributed by atoms with Crippen molar-refractivity contribution in [3.8, 4) is 5.75 Å². The van der Waals surface area contributed by atoms with Crippen LogP contribution >= 0.6 is 0 Å². The van der Waals surface area contributed by atoms with Gasteiger partial charge in [-0.2, -0.15) is 5.10 Å². The van der Waals surface area contributed by atoms with Crippen molar-refractivity contribution >= 4 is 5.97 Å². The van der Waals surface area contributed by atoms with Gasteiger partial charge in [-0.25, -0.2) is 14.5 Å². The monoisotopic (exact) mass is 287 g/mol. The lowest BCUT2D eigenvalue weighted by molar-refractivity contribution is -0.141. The number of nitrogens with zero attached hydrogens (tertiary/aromatic N) is 3. The number of ether oxygens (including phenoxy) is 1. The summed E-state index contributed by atoms with van der Waals surface area (Å²) in [5.41, 5.74) is 1.05. The van der Waals surface area contributed by atoms with Gasteiger partial charge in [0, 0.05) is 12.8 Å². The molecule has 1 aliphatic rings. The van der Waals surface area contributed by atoms with Crippen molar-refractivity contribution in [2.45, 2.75) is 31.7 Å². The highest BCUT2D eigenvalue weighted by molar-refractivity contribution is 5.71. The number of aromatic nitrogens is 3. The molecule has 6 nitrogen and oxygen atoms in total. The molecule has 1 unspecified atom stereocenters. The fourth-order valence-corrected chi connectivity index (χ4v) is 2.67. The van der Waals surface area contributed by atoms with E-state index in [1.807, 2.05) is 24.3 Å². The number of methoxy groups -OCH3 is 1. The lowest BCUT2D eigenvalue weighted by Gasteiger charge is -2.19. The minimum absolute atomic E-state index is 0.573. The van der Waals surface area contributed by atoms with Crippen LogP contribution in [0.4, 0.5) is 0 Å². The number of aliphatic carboxylic acids is 1. The van der Waals surface area contributed by atoms with E-state index in [1.54, 1.807) is 11.8 Å². The van der Waals surface area contributed by atoms with Gasteiger partial charge in [-0.1, -0.05) is 12.1 Å². The van der Waals surface area contributed by atoms with E-state index in [2.05, 4.69) is 10.1 Å². The molecule has 2 aromatic rings. The van der Waals surface area contributed by atoms with Crippen LogP contribution in [0.15, 0.2) is 24.3 Å². The van der Waals surface area contributed by atoms with Crippen molar-refractivity contribution in [1.29, 1.82) is 0 Å². The van der Waals surface area contributed by atoms with Crippen LogP contribution in [0, 0.1) is 0 Å². The molecular formula is C15H17N3O3. The van der Waals surface area contributed by atoms with Gasteiger partial charge in [-0.15, -0.1) is 0 Å². The summed E-state index contributed by atoms with van der Waals surface area (Å²) in [5.74, 6) is 1.38. The van der Waals surface area contributed by atoms with E-state index in [0.29, 0.717) is 18.7 Å². The fourth-order valence-electron chi connectivity index (χ4n) is 2.67. The summed E-state index contributed by atoms with van der Waals surface area (Å²) in [6.07, 6.45) is 2.82. The van der Waals surface area contributed by atoms with Gasteiger partial charge in [-0.05, 0) is 30.5 Å². The van der Waals surface area contributed by atoms with E-state index in [9.17, 15) is 9.90 Å². The first-order valence-corrected chi connectivity index (χ1v) is 6.97. The number of fused-ring (bicyclic) bond motifs is 1. The maximum atomic E-state index is 11.3. The predicted octanol–water partition coefficient (Wildman–Crippen LogP) is 1.84. The maximum Gasteiger partial charge on any atom is 0.328 e. The average Bonchev–Trinajstić information content (AvgIpc) is 2.89. The average molecular weight is 287 g/mol. The number of hydrogen-bond donors (Lipinski definition) is 1. The van der Waals surface area contributed by atoms with E-state index in [4.69, 9.17) is 4.74 Å². The van der Waals surface area contributed by atoms with Crippen molar-refractivity contribution in [3.05, 3.63) is 41.5 Å². The first-order chi connectivity index (χ1) is 10.2. The van der Waals surface area contributed by atoms with E-state index in [0.717, 1.165) is 30.0 Å². The maximum absolute atomic E-state index is 11.3. The number of hydrogen-bond acceptors (Lipinski definition) is 4. The topological polar surface area (TPSA) is 77.2 Å². The van der Waals surface area contributed by atoms with E-state index in [1.165, 1.54) is 0 Å². The van der Waals surface area contributed by atoms with Crippen molar-refractivity contribution in [2.24, 2.45) is 0 Å². The summed E-state index contributed by atoms with van der Waals surface area (Å²) >= 11 is 0. The molecule has 3 rings (SSSR count). The minimum atomic E-state index is -0.839. The molecular weight excluding hydrogens is 270 g/mol. The highest BCUT2D eigenvalue weighted by atomic mass is 16.5. The molecule has 1 aliphatic heterocycles. The third-order valence-corrected chi connectivity index (χ3v) is 3.70. The minimum Gasteiger partial charge on any atom is -0.497 e. The summed E-state index contributed by atoms with van der Waals surface area (Å²) in [4.78, 5) is 15.7. The third kappa shape index (κ3) is 2.74. The standard InChI is InChI=1S/C15H17N3O3/c1-21-11-5-2-4-10(8-11)9-13-16-14-7-3-6-12(15(19)20)18(14)17-13/h2,4-5,8,12H,3,6-7,9H2,1H3,(H,19,20). The molecule has 2 heterocycles. The molecule has 0 spiro atoms. The van der Waals surface area contributed by atoms with Crippen LogP contribution in [-0.2, 0) is 17.6 Å². The number of benzene rings is 1. The zero-order valence-corrected chi connectivity index (χ0v) is 11.8. The van der Waals surface area contributed by atoms with Gasteiger partial charge >= 0.3 is 5.97 Å². The van der Waals surface area contributed by atoms with Crippen LogP contribution in [0.25, 0.3) is 0 Å². The van der Waals surface area contributed by atoms with Crippen LogP contribution in [0.2, 0.25) is 0 Å². The number of carboxylic acid groups (broad SMARTS) is 1. The van der Waals surface area contributed by atoms with Gasteiger partial charge in [0.25, 0.3) is 0 Å². The second-order valence-electron chi connectivity index (χ2n) is 5.16. The Bertz CT molecular complexity index is 666. The molecule has 1 N–H and O–H groups in total. The first-order valence-electron chi connectivity index (χ1n) is 6.97. The largest absolute Gasteiger partial charge is 0.497 e. The Morgan fingerprint density at radius 3 is 3.14 bits per heavy atom. The Morgan fingerprint density at radius 1 is 1.52 bits per heavy atom. The highest BCUT2D eigenvalue weighted by Crippen LogP contribution is 2.24. The second-order valence-corrected chi connectivity index (χ2v) is 5.16. The summed E-state index contributed by atoms with van der Waals surface area (Å²) in [7, 11) is 1.63. The molecule has 0 aliphatic carbocycles. The van der Waals surface area contributed by atoms with Crippen LogP contribution in [0.3, 0.4) is 0 Å². The summed E-state index contributed by atoms with van der Waals surface area (Å²) in [5, 5.41) is 13.6. The third-order valence-electron chi connectivity index (χ3n) is 3.70. The highest BCUT2D eigenvalue weighted by Gasteiger charge is 2.28. The van der Waals surface area contributed by atoms with Gasteiger partial charge in [0.05, 0.1) is 7.11 Å². The van der Waals surface area contributed by atoms with E-state index in [-0.39, 0.29) is 0 Å². The van der Waals surface area contributed by atoms with Crippen LogP contribution in [-0.4, -0.2) is 33.0 Å². The molecule has 6 heteroatoms. The molecule has 0 amide bonds. The fraction of sp³-hybridized carbons (Fsp3) is 0.400. The Balaban J connectivity index is 1.85. The van der Waals surface area contributed by atoms with Crippen molar-refractivity contribution in [3.63, 3.8) is 0 Å².